The summed E-state index contributed by atoms with van der Waals surface area (Å²) in [7, 11) is 0. The number of aromatic nitrogens is 3. The molecule has 0 aromatic carbocycles. The molecule has 1 saturated heterocycles. The van der Waals surface area contributed by atoms with E-state index >= 15 is 0 Å². The molecule has 7 heteroatoms. The van der Waals surface area contributed by atoms with Crippen LogP contribution in [0.4, 0.5) is 0 Å². The lowest BCUT2D eigenvalue weighted by atomic mass is 10.1. The second kappa shape index (κ2) is 7.40. The van der Waals surface area contributed by atoms with E-state index in [0.717, 1.165) is 28.0 Å². The second-order valence-electron chi connectivity index (χ2n) is 7.09. The number of pyridine rings is 1. The van der Waals surface area contributed by atoms with E-state index in [9.17, 15) is 4.79 Å². The van der Waals surface area contributed by atoms with Crippen LogP contribution in [0.2, 0.25) is 0 Å². The van der Waals surface area contributed by atoms with Crippen LogP contribution in [0.25, 0.3) is 21.6 Å². The van der Waals surface area contributed by atoms with Crippen molar-refractivity contribution in [1.29, 1.82) is 0 Å². The maximum absolute atomic E-state index is 13.5. The van der Waals surface area contributed by atoms with Gasteiger partial charge >= 0.3 is 0 Å². The third-order valence-electron chi connectivity index (χ3n) is 5.02. The van der Waals surface area contributed by atoms with Gasteiger partial charge in [0.15, 0.2) is 5.65 Å². The Hall–Kier alpha value is -2.25. The van der Waals surface area contributed by atoms with Crippen LogP contribution in [0.3, 0.4) is 0 Å². The number of ether oxygens (including phenoxy) is 1. The zero-order chi connectivity index (χ0) is 19.0. The summed E-state index contributed by atoms with van der Waals surface area (Å²) < 4.78 is 7.46. The number of rotatable bonds is 4. The Bertz CT molecular complexity index is 948. The highest BCUT2D eigenvalue weighted by Gasteiger charge is 2.29. The maximum atomic E-state index is 13.5. The lowest BCUT2D eigenvalue weighted by Crippen LogP contribution is -2.48. The maximum Gasteiger partial charge on any atom is 0.255 e. The van der Waals surface area contributed by atoms with Crippen molar-refractivity contribution in [2.75, 3.05) is 19.8 Å². The predicted molar refractivity (Wildman–Crippen MR) is 107 cm³/mol. The number of amides is 1. The van der Waals surface area contributed by atoms with E-state index in [1.54, 1.807) is 17.5 Å². The van der Waals surface area contributed by atoms with Gasteiger partial charge in [-0.05, 0) is 37.8 Å². The molecule has 1 atom stereocenters. The third-order valence-corrected chi connectivity index (χ3v) is 5.91. The molecule has 142 valence electrons. The first kappa shape index (κ1) is 18.1. The van der Waals surface area contributed by atoms with Gasteiger partial charge in [-0.25, -0.2) is 9.67 Å². The lowest BCUT2D eigenvalue weighted by Gasteiger charge is -2.35. The molecule has 1 amide bonds. The first-order valence-corrected chi connectivity index (χ1v) is 10.3. The highest BCUT2D eigenvalue weighted by Crippen LogP contribution is 2.30. The van der Waals surface area contributed by atoms with Crippen LogP contribution < -0.4 is 0 Å². The molecule has 1 aliphatic rings. The number of nitrogens with zero attached hydrogens (tertiary/aromatic N) is 4. The minimum atomic E-state index is 0.0404. The van der Waals surface area contributed by atoms with E-state index in [4.69, 9.17) is 9.72 Å². The van der Waals surface area contributed by atoms with Gasteiger partial charge in [0.2, 0.25) is 0 Å². The van der Waals surface area contributed by atoms with Crippen LogP contribution in [0, 0.1) is 0 Å². The van der Waals surface area contributed by atoms with Crippen LogP contribution >= 0.6 is 11.3 Å². The van der Waals surface area contributed by atoms with Crippen LogP contribution in [0.1, 0.15) is 43.6 Å². The molecular formula is C20H24N4O2S. The molecule has 4 heterocycles. The quantitative estimate of drug-likeness (QED) is 0.682. The van der Waals surface area contributed by atoms with Crippen LogP contribution in [-0.2, 0) is 4.74 Å². The second-order valence-corrected chi connectivity index (χ2v) is 8.04. The van der Waals surface area contributed by atoms with Crippen molar-refractivity contribution in [2.24, 2.45) is 0 Å². The Kier molecular flexibility index (Phi) is 4.97. The van der Waals surface area contributed by atoms with Gasteiger partial charge in [-0.15, -0.1) is 11.3 Å². The Balaban J connectivity index is 1.87. The summed E-state index contributed by atoms with van der Waals surface area (Å²) in [5.74, 6) is 0.0404. The topological polar surface area (TPSA) is 60.2 Å². The summed E-state index contributed by atoms with van der Waals surface area (Å²) in [4.78, 5) is 21.3. The van der Waals surface area contributed by atoms with Gasteiger partial charge in [0.05, 0.1) is 47.0 Å². The predicted octanol–water partition coefficient (Wildman–Crippen LogP) is 3.99. The summed E-state index contributed by atoms with van der Waals surface area (Å²) in [6, 6.07) is 6.24. The zero-order valence-corrected chi connectivity index (χ0v) is 16.7. The van der Waals surface area contributed by atoms with Crippen LogP contribution in [-0.4, -0.2) is 51.4 Å². The first-order valence-electron chi connectivity index (χ1n) is 9.41. The monoisotopic (exact) mass is 384 g/mol. The standard InChI is InChI=1S/C20H24N4O2S/c1-4-14-12-26-8-7-23(14)20(25)15-10-17(18-6-5-9-27-18)22-19-16(15)11-21-24(19)13(2)3/h5-6,9-11,13-14H,4,7-8,12H2,1-3H3. The Morgan fingerprint density at radius 1 is 1.44 bits per heavy atom. The van der Waals surface area contributed by atoms with Crippen LogP contribution in [0.5, 0.6) is 0 Å². The number of carbonyl (C=O) groups is 1. The minimum Gasteiger partial charge on any atom is -0.377 e. The molecule has 3 aromatic heterocycles. The molecule has 0 aliphatic carbocycles. The van der Waals surface area contributed by atoms with Crippen molar-refractivity contribution in [1.82, 2.24) is 19.7 Å². The molecule has 1 fully saturated rings. The van der Waals surface area contributed by atoms with Gasteiger partial charge in [-0.3, -0.25) is 4.79 Å². The number of thiophene rings is 1. The fraction of sp³-hybridized carbons (Fsp3) is 0.450. The van der Waals surface area contributed by atoms with Gasteiger partial charge in [-0.1, -0.05) is 13.0 Å². The number of hydrogen-bond acceptors (Lipinski definition) is 5. The van der Waals surface area contributed by atoms with Gasteiger partial charge in [0, 0.05) is 12.6 Å². The number of hydrogen-bond donors (Lipinski definition) is 0. The largest absolute Gasteiger partial charge is 0.377 e. The molecule has 0 bridgehead atoms. The summed E-state index contributed by atoms with van der Waals surface area (Å²) in [6.45, 7) is 8.04. The molecule has 0 spiro atoms. The number of fused-ring (bicyclic) bond motifs is 1. The average Bonchev–Trinajstić information content (AvgIpc) is 3.36. The Labute approximate surface area is 162 Å². The fourth-order valence-electron chi connectivity index (χ4n) is 3.54. The highest BCUT2D eigenvalue weighted by atomic mass is 32.1. The molecule has 4 rings (SSSR count). The van der Waals surface area contributed by atoms with E-state index in [-0.39, 0.29) is 18.0 Å². The Morgan fingerprint density at radius 2 is 2.30 bits per heavy atom. The van der Waals surface area contributed by atoms with Gasteiger partial charge in [0.25, 0.3) is 5.91 Å². The van der Waals surface area contributed by atoms with Crippen molar-refractivity contribution in [2.45, 2.75) is 39.3 Å². The fourth-order valence-corrected chi connectivity index (χ4v) is 4.22. The van der Waals surface area contributed by atoms with Crippen molar-refractivity contribution in [3.05, 3.63) is 35.3 Å². The van der Waals surface area contributed by atoms with Gasteiger partial charge < -0.3 is 9.64 Å². The molecule has 1 unspecified atom stereocenters. The van der Waals surface area contributed by atoms with E-state index in [1.807, 2.05) is 33.2 Å². The number of morpholine rings is 1. The number of carbonyl (C=O) groups excluding carboxylic acids is 1. The third kappa shape index (κ3) is 3.26. The minimum absolute atomic E-state index is 0.0404. The molecule has 27 heavy (non-hydrogen) atoms. The molecular weight excluding hydrogens is 360 g/mol. The molecule has 0 saturated carbocycles. The van der Waals surface area contributed by atoms with Crippen LogP contribution in [0.15, 0.2) is 29.8 Å². The SMILES string of the molecule is CCC1COCCN1C(=O)c1cc(-c2cccs2)nc2c1cnn2C(C)C. The highest BCUT2D eigenvalue weighted by molar-refractivity contribution is 7.13. The Morgan fingerprint density at radius 3 is 3.00 bits per heavy atom. The average molecular weight is 385 g/mol. The van der Waals surface area contributed by atoms with E-state index in [1.165, 1.54) is 0 Å². The van der Waals surface area contributed by atoms with Crippen molar-refractivity contribution in [3.63, 3.8) is 0 Å². The molecule has 3 aromatic rings. The normalized spacial score (nSPS) is 17.8. The van der Waals surface area contributed by atoms with Crippen molar-refractivity contribution >= 4 is 28.3 Å². The van der Waals surface area contributed by atoms with Gasteiger partial charge in [0.1, 0.15) is 0 Å². The van der Waals surface area contributed by atoms with E-state index in [0.29, 0.717) is 25.3 Å². The summed E-state index contributed by atoms with van der Waals surface area (Å²) >= 11 is 1.63. The smallest absolute Gasteiger partial charge is 0.255 e. The lowest BCUT2D eigenvalue weighted by molar-refractivity contribution is -0.00269. The van der Waals surface area contributed by atoms with E-state index < -0.39 is 0 Å². The van der Waals surface area contributed by atoms with Crippen molar-refractivity contribution in [3.8, 4) is 10.6 Å². The molecule has 0 radical (unpaired) electrons. The summed E-state index contributed by atoms with van der Waals surface area (Å²) in [5.41, 5.74) is 2.26. The summed E-state index contributed by atoms with van der Waals surface area (Å²) in [6.07, 6.45) is 2.65. The molecule has 6 nitrogen and oxygen atoms in total. The van der Waals surface area contributed by atoms with Crippen molar-refractivity contribution < 1.29 is 9.53 Å². The molecule has 0 N–H and O–H groups in total. The summed E-state index contributed by atoms with van der Waals surface area (Å²) in [5, 5.41) is 7.35. The zero-order valence-electron chi connectivity index (χ0n) is 15.9. The molecule has 1 aliphatic heterocycles. The van der Waals surface area contributed by atoms with E-state index in [2.05, 4.69) is 25.9 Å². The first-order chi connectivity index (χ1) is 13.1. The van der Waals surface area contributed by atoms with Gasteiger partial charge in [-0.2, -0.15) is 5.10 Å².